The lowest BCUT2D eigenvalue weighted by atomic mass is 10.0. The fourth-order valence-corrected chi connectivity index (χ4v) is 4.50. The minimum absolute atomic E-state index is 0.0654. The first-order valence-corrected chi connectivity index (χ1v) is 9.10. The van der Waals surface area contributed by atoms with E-state index in [1.165, 1.54) is 0 Å². The van der Waals surface area contributed by atoms with Gasteiger partial charge in [-0.2, -0.15) is 4.31 Å². The van der Waals surface area contributed by atoms with Gasteiger partial charge in [0.15, 0.2) is 0 Å². The zero-order valence-corrected chi connectivity index (χ0v) is 14.1. The third-order valence-electron chi connectivity index (χ3n) is 3.90. The van der Waals surface area contributed by atoms with Crippen LogP contribution in [0.3, 0.4) is 0 Å². The van der Waals surface area contributed by atoms with E-state index in [0.29, 0.717) is 30.8 Å². The van der Waals surface area contributed by atoms with Crippen LogP contribution in [-0.2, 0) is 16.6 Å². The second-order valence-corrected chi connectivity index (χ2v) is 8.15. The zero-order chi connectivity index (χ0) is 15.6. The Balaban J connectivity index is 2.16. The average Bonchev–Trinajstić information content (AvgIpc) is 3.05. The highest BCUT2D eigenvalue weighted by Crippen LogP contribution is 2.30. The molecular weight excluding hydrogens is 288 g/mol. The molecule has 21 heavy (non-hydrogen) atoms. The van der Waals surface area contributed by atoms with Gasteiger partial charge in [0.25, 0.3) is 10.0 Å². The summed E-state index contributed by atoms with van der Waals surface area (Å²) in [6.45, 7) is 9.35. The fraction of sp³-hybridized carbons (Fsp3) is 0.733. The van der Waals surface area contributed by atoms with Gasteiger partial charge >= 0.3 is 0 Å². The molecule has 1 aliphatic heterocycles. The van der Waals surface area contributed by atoms with Crippen LogP contribution in [0.25, 0.3) is 0 Å². The molecule has 1 unspecified atom stereocenters. The number of hydrogen-bond acceptors (Lipinski definition) is 4. The molecular formula is C15H26N2O3S. The summed E-state index contributed by atoms with van der Waals surface area (Å²) in [5.41, 5.74) is 0. The Labute approximate surface area is 127 Å². The number of rotatable bonds is 6. The molecule has 2 rings (SSSR count). The molecule has 1 atom stereocenters. The first kappa shape index (κ1) is 16.5. The van der Waals surface area contributed by atoms with Crippen molar-refractivity contribution in [3.05, 3.63) is 17.9 Å². The topological polar surface area (TPSA) is 62.6 Å². The van der Waals surface area contributed by atoms with E-state index < -0.39 is 10.0 Å². The molecule has 1 aromatic rings. The molecule has 0 amide bonds. The van der Waals surface area contributed by atoms with Crippen LogP contribution >= 0.6 is 0 Å². The highest BCUT2D eigenvalue weighted by molar-refractivity contribution is 7.89. The van der Waals surface area contributed by atoms with Gasteiger partial charge in [0.2, 0.25) is 5.09 Å². The predicted molar refractivity (Wildman–Crippen MR) is 82.4 cm³/mol. The lowest BCUT2D eigenvalue weighted by Crippen LogP contribution is -2.38. The average molecular weight is 314 g/mol. The van der Waals surface area contributed by atoms with Crippen molar-refractivity contribution < 1.29 is 12.8 Å². The Morgan fingerprint density at radius 1 is 1.33 bits per heavy atom. The molecule has 0 spiro atoms. The molecule has 1 aliphatic rings. The Hall–Kier alpha value is -0.850. The number of nitrogens with zero attached hydrogens (tertiary/aromatic N) is 1. The van der Waals surface area contributed by atoms with Crippen molar-refractivity contribution >= 4 is 10.0 Å². The molecule has 1 aromatic heterocycles. The number of nitrogens with one attached hydrogen (secondary N) is 1. The van der Waals surface area contributed by atoms with Crippen LogP contribution in [0.15, 0.2) is 21.6 Å². The maximum Gasteiger partial charge on any atom is 0.276 e. The molecule has 1 N–H and O–H groups in total. The van der Waals surface area contributed by atoms with E-state index in [2.05, 4.69) is 19.2 Å². The van der Waals surface area contributed by atoms with E-state index in [-0.39, 0.29) is 11.1 Å². The maximum atomic E-state index is 12.7. The largest absolute Gasteiger partial charge is 0.447 e. The van der Waals surface area contributed by atoms with E-state index in [9.17, 15) is 8.42 Å². The molecule has 0 aromatic carbocycles. The Morgan fingerprint density at radius 2 is 2.05 bits per heavy atom. The monoisotopic (exact) mass is 314 g/mol. The quantitative estimate of drug-likeness (QED) is 0.876. The molecule has 1 saturated heterocycles. The van der Waals surface area contributed by atoms with E-state index in [1.807, 2.05) is 13.8 Å². The summed E-state index contributed by atoms with van der Waals surface area (Å²) < 4.78 is 32.6. The fourth-order valence-electron chi connectivity index (χ4n) is 2.74. The SMILES string of the molecule is CC(C)NCc1ccc(S(=O)(=O)N2CCCC2C(C)C)o1. The first-order chi connectivity index (χ1) is 9.82. The van der Waals surface area contributed by atoms with E-state index in [4.69, 9.17) is 4.42 Å². The molecule has 120 valence electrons. The van der Waals surface area contributed by atoms with E-state index >= 15 is 0 Å². The second-order valence-electron chi connectivity index (χ2n) is 6.33. The Bertz CT molecular complexity index is 563. The second kappa shape index (κ2) is 6.50. The minimum Gasteiger partial charge on any atom is -0.447 e. The Kier molecular flexibility index (Phi) is 5.11. The van der Waals surface area contributed by atoms with Crippen molar-refractivity contribution in [2.45, 2.75) is 64.3 Å². The smallest absolute Gasteiger partial charge is 0.276 e. The van der Waals surface area contributed by atoms with Gasteiger partial charge in [-0.15, -0.1) is 0 Å². The van der Waals surface area contributed by atoms with Gasteiger partial charge in [-0.1, -0.05) is 27.7 Å². The molecule has 1 fully saturated rings. The minimum atomic E-state index is -3.51. The molecule has 5 nitrogen and oxygen atoms in total. The summed E-state index contributed by atoms with van der Waals surface area (Å²) in [6, 6.07) is 3.72. The summed E-state index contributed by atoms with van der Waals surface area (Å²) in [7, 11) is -3.51. The van der Waals surface area contributed by atoms with Crippen molar-refractivity contribution in [3.8, 4) is 0 Å². The van der Waals surface area contributed by atoms with Crippen molar-refractivity contribution in [1.29, 1.82) is 0 Å². The van der Waals surface area contributed by atoms with Crippen molar-refractivity contribution in [3.63, 3.8) is 0 Å². The first-order valence-electron chi connectivity index (χ1n) is 7.66. The summed E-state index contributed by atoms with van der Waals surface area (Å²) >= 11 is 0. The maximum absolute atomic E-state index is 12.7. The molecule has 0 saturated carbocycles. The van der Waals surface area contributed by atoms with Crippen molar-refractivity contribution in [2.24, 2.45) is 5.92 Å². The van der Waals surface area contributed by atoms with Gasteiger partial charge in [0.1, 0.15) is 5.76 Å². The summed E-state index contributed by atoms with van der Waals surface area (Å²) in [5, 5.41) is 3.29. The molecule has 6 heteroatoms. The lowest BCUT2D eigenvalue weighted by Gasteiger charge is -2.25. The summed E-state index contributed by atoms with van der Waals surface area (Å²) in [6.07, 6.45) is 1.85. The van der Waals surface area contributed by atoms with Crippen LogP contribution in [0.5, 0.6) is 0 Å². The molecule has 2 heterocycles. The van der Waals surface area contributed by atoms with Gasteiger partial charge in [-0.3, -0.25) is 0 Å². The summed E-state index contributed by atoms with van der Waals surface area (Å²) in [5.74, 6) is 0.974. The van der Waals surface area contributed by atoms with Gasteiger partial charge < -0.3 is 9.73 Å². The highest BCUT2D eigenvalue weighted by atomic mass is 32.2. The third-order valence-corrected chi connectivity index (χ3v) is 5.70. The standard InChI is InChI=1S/C15H26N2O3S/c1-11(2)14-6-5-9-17(14)21(18,19)15-8-7-13(20-15)10-16-12(3)4/h7-8,11-12,14,16H,5-6,9-10H2,1-4H3. The van der Waals surface area contributed by atoms with Gasteiger partial charge in [-0.05, 0) is 30.9 Å². The highest BCUT2D eigenvalue weighted by Gasteiger charge is 2.38. The van der Waals surface area contributed by atoms with Crippen LogP contribution in [0.1, 0.15) is 46.3 Å². The number of sulfonamides is 1. The van der Waals surface area contributed by atoms with Gasteiger partial charge in [-0.25, -0.2) is 8.42 Å². The number of furan rings is 1. The summed E-state index contributed by atoms with van der Waals surface area (Å²) in [4.78, 5) is 0. The zero-order valence-electron chi connectivity index (χ0n) is 13.3. The normalized spacial score (nSPS) is 20.8. The van der Waals surface area contributed by atoms with Crippen molar-refractivity contribution in [2.75, 3.05) is 6.54 Å². The Morgan fingerprint density at radius 3 is 2.67 bits per heavy atom. The van der Waals surface area contributed by atoms with Crippen LogP contribution < -0.4 is 5.32 Å². The molecule has 0 bridgehead atoms. The third kappa shape index (κ3) is 3.67. The van der Waals surface area contributed by atoms with Crippen LogP contribution in [0, 0.1) is 5.92 Å². The van der Waals surface area contributed by atoms with Gasteiger partial charge in [0.05, 0.1) is 6.54 Å². The molecule has 0 radical (unpaired) electrons. The van der Waals surface area contributed by atoms with Gasteiger partial charge in [0, 0.05) is 18.6 Å². The van der Waals surface area contributed by atoms with Crippen molar-refractivity contribution in [1.82, 2.24) is 9.62 Å². The van der Waals surface area contributed by atoms with Crippen LogP contribution in [0.4, 0.5) is 0 Å². The lowest BCUT2D eigenvalue weighted by molar-refractivity contribution is 0.302. The predicted octanol–water partition coefficient (Wildman–Crippen LogP) is 2.59. The van der Waals surface area contributed by atoms with E-state index in [0.717, 1.165) is 12.8 Å². The molecule has 0 aliphatic carbocycles. The van der Waals surface area contributed by atoms with E-state index in [1.54, 1.807) is 16.4 Å². The van der Waals surface area contributed by atoms with Crippen LogP contribution in [-0.4, -0.2) is 31.4 Å². The van der Waals surface area contributed by atoms with Crippen LogP contribution in [0.2, 0.25) is 0 Å². The number of hydrogen-bond donors (Lipinski definition) is 1.